The highest BCUT2D eigenvalue weighted by molar-refractivity contribution is 5.57. The number of halogens is 3. The standard InChI is InChI=1S/C11H13F3N2O3/c1-19-10-7-8(3-4-9(10)16(17)18)15-6-2-5-11(12,13)14/h3-4,7,15H,2,5-6H2,1H3. The number of rotatable bonds is 6. The van der Waals surface area contributed by atoms with Crippen molar-refractivity contribution in [2.75, 3.05) is 19.0 Å². The molecule has 8 heteroatoms. The van der Waals surface area contributed by atoms with Gasteiger partial charge in [0.15, 0.2) is 5.75 Å². The Labute approximate surface area is 107 Å². The van der Waals surface area contributed by atoms with E-state index in [0.717, 1.165) is 0 Å². The van der Waals surface area contributed by atoms with Gasteiger partial charge in [-0.25, -0.2) is 0 Å². The number of hydrogen-bond acceptors (Lipinski definition) is 4. The number of nitro benzene ring substituents is 1. The number of nitrogens with zero attached hydrogens (tertiary/aromatic N) is 1. The van der Waals surface area contributed by atoms with Crippen molar-refractivity contribution in [3.8, 4) is 5.75 Å². The molecule has 0 fully saturated rings. The lowest BCUT2D eigenvalue weighted by Crippen LogP contribution is -2.11. The van der Waals surface area contributed by atoms with Gasteiger partial charge in [0.2, 0.25) is 0 Å². The average molecular weight is 278 g/mol. The minimum Gasteiger partial charge on any atom is -0.490 e. The molecule has 1 N–H and O–H groups in total. The van der Waals surface area contributed by atoms with Gasteiger partial charge in [0, 0.05) is 30.8 Å². The van der Waals surface area contributed by atoms with Gasteiger partial charge in [-0.15, -0.1) is 0 Å². The third-order valence-corrected chi connectivity index (χ3v) is 2.34. The summed E-state index contributed by atoms with van der Waals surface area (Å²) in [6.07, 6.45) is -5.11. The molecule has 1 aromatic rings. The second kappa shape index (κ2) is 6.26. The van der Waals surface area contributed by atoms with Gasteiger partial charge >= 0.3 is 11.9 Å². The van der Waals surface area contributed by atoms with E-state index in [0.29, 0.717) is 5.69 Å². The molecule has 0 aliphatic heterocycles. The van der Waals surface area contributed by atoms with Crippen molar-refractivity contribution in [1.29, 1.82) is 0 Å². The third-order valence-electron chi connectivity index (χ3n) is 2.34. The van der Waals surface area contributed by atoms with Crippen LogP contribution in [0.1, 0.15) is 12.8 Å². The number of hydrogen-bond donors (Lipinski definition) is 1. The molecule has 1 rings (SSSR count). The first-order valence-electron chi connectivity index (χ1n) is 5.46. The Kier molecular flexibility index (Phi) is 4.96. The molecule has 0 saturated heterocycles. The van der Waals surface area contributed by atoms with E-state index in [1.165, 1.54) is 25.3 Å². The number of benzene rings is 1. The monoisotopic (exact) mass is 278 g/mol. The number of nitrogens with one attached hydrogen (secondary N) is 1. The van der Waals surface area contributed by atoms with E-state index in [1.54, 1.807) is 0 Å². The summed E-state index contributed by atoms with van der Waals surface area (Å²) >= 11 is 0. The van der Waals surface area contributed by atoms with Crippen LogP contribution < -0.4 is 10.1 Å². The second-order valence-corrected chi connectivity index (χ2v) is 3.79. The number of anilines is 1. The van der Waals surface area contributed by atoms with Crippen LogP contribution in [0.3, 0.4) is 0 Å². The van der Waals surface area contributed by atoms with Crippen molar-refractivity contribution >= 4 is 11.4 Å². The van der Waals surface area contributed by atoms with Crippen LogP contribution in [0, 0.1) is 10.1 Å². The molecule has 1 aromatic carbocycles. The second-order valence-electron chi connectivity index (χ2n) is 3.79. The van der Waals surface area contributed by atoms with E-state index in [1.807, 2.05) is 0 Å². The summed E-state index contributed by atoms with van der Waals surface area (Å²) in [6, 6.07) is 4.05. The van der Waals surface area contributed by atoms with Gasteiger partial charge < -0.3 is 10.1 Å². The molecule has 0 heterocycles. The van der Waals surface area contributed by atoms with Gasteiger partial charge in [0.1, 0.15) is 0 Å². The summed E-state index contributed by atoms with van der Waals surface area (Å²) < 4.78 is 40.6. The number of alkyl halides is 3. The fraction of sp³-hybridized carbons (Fsp3) is 0.455. The molecule has 0 bridgehead atoms. The van der Waals surface area contributed by atoms with E-state index in [9.17, 15) is 23.3 Å². The summed E-state index contributed by atoms with van der Waals surface area (Å²) in [4.78, 5) is 10.1. The van der Waals surface area contributed by atoms with Gasteiger partial charge in [-0.1, -0.05) is 0 Å². The van der Waals surface area contributed by atoms with Gasteiger partial charge in [0.25, 0.3) is 0 Å². The van der Waals surface area contributed by atoms with E-state index in [4.69, 9.17) is 4.74 Å². The molecule has 0 unspecified atom stereocenters. The van der Waals surface area contributed by atoms with Gasteiger partial charge in [-0.2, -0.15) is 13.2 Å². The molecule has 0 spiro atoms. The molecular weight excluding hydrogens is 265 g/mol. The van der Waals surface area contributed by atoms with Crippen LogP contribution in [0.15, 0.2) is 18.2 Å². The summed E-state index contributed by atoms with van der Waals surface area (Å²) in [5.41, 5.74) is 0.285. The molecule has 0 atom stereocenters. The Hall–Kier alpha value is -1.99. The highest BCUT2D eigenvalue weighted by atomic mass is 19.4. The normalized spacial score (nSPS) is 11.2. The predicted molar refractivity (Wildman–Crippen MR) is 63.4 cm³/mol. The first kappa shape index (κ1) is 15.1. The van der Waals surface area contributed by atoms with Crippen LogP contribution >= 0.6 is 0 Å². The Morgan fingerprint density at radius 1 is 1.42 bits per heavy atom. The SMILES string of the molecule is COc1cc(NCCCC(F)(F)F)ccc1[N+](=O)[O-]. The van der Waals surface area contributed by atoms with Crippen molar-refractivity contribution in [3.63, 3.8) is 0 Å². The molecule has 0 radical (unpaired) electrons. The lowest BCUT2D eigenvalue weighted by molar-refractivity contribution is -0.385. The molecule has 0 aliphatic rings. The molecule has 106 valence electrons. The van der Waals surface area contributed by atoms with Gasteiger partial charge in [-0.3, -0.25) is 10.1 Å². The molecule has 0 aliphatic carbocycles. The molecule has 5 nitrogen and oxygen atoms in total. The molecule has 19 heavy (non-hydrogen) atoms. The van der Waals surface area contributed by atoms with Crippen LogP contribution in [-0.2, 0) is 0 Å². The van der Waals surface area contributed by atoms with Crippen LogP contribution in [0.4, 0.5) is 24.5 Å². The summed E-state index contributed by atoms with van der Waals surface area (Å²) in [6.45, 7) is 0.125. The lowest BCUT2D eigenvalue weighted by atomic mass is 10.2. The summed E-state index contributed by atoms with van der Waals surface area (Å²) in [5.74, 6) is 0.0609. The average Bonchev–Trinajstić information content (AvgIpc) is 2.33. The maximum atomic E-state index is 11.9. The minimum absolute atomic E-state index is 0.0609. The third kappa shape index (κ3) is 5.02. The first-order chi connectivity index (χ1) is 8.83. The number of nitro groups is 1. The smallest absolute Gasteiger partial charge is 0.389 e. The Morgan fingerprint density at radius 3 is 2.63 bits per heavy atom. The quantitative estimate of drug-likeness (QED) is 0.492. The molecule has 0 saturated carbocycles. The van der Waals surface area contributed by atoms with Crippen molar-refractivity contribution in [2.24, 2.45) is 0 Å². The fourth-order valence-electron chi connectivity index (χ4n) is 1.46. The van der Waals surface area contributed by atoms with Gasteiger partial charge in [0.05, 0.1) is 12.0 Å². The van der Waals surface area contributed by atoms with E-state index >= 15 is 0 Å². The van der Waals surface area contributed by atoms with Crippen molar-refractivity contribution < 1.29 is 22.8 Å². The van der Waals surface area contributed by atoms with E-state index < -0.39 is 17.5 Å². The van der Waals surface area contributed by atoms with E-state index in [2.05, 4.69) is 5.32 Å². The molecule has 0 amide bonds. The van der Waals surface area contributed by atoms with Crippen molar-refractivity contribution in [3.05, 3.63) is 28.3 Å². The Bertz CT molecular complexity index is 449. The lowest BCUT2D eigenvalue weighted by Gasteiger charge is -2.09. The van der Waals surface area contributed by atoms with Crippen molar-refractivity contribution in [1.82, 2.24) is 0 Å². The first-order valence-corrected chi connectivity index (χ1v) is 5.46. The molecular formula is C11H13F3N2O3. The van der Waals surface area contributed by atoms with Crippen LogP contribution in [0.5, 0.6) is 5.75 Å². The molecule has 0 aromatic heterocycles. The number of methoxy groups -OCH3 is 1. The zero-order valence-corrected chi connectivity index (χ0v) is 10.2. The Morgan fingerprint density at radius 2 is 2.11 bits per heavy atom. The summed E-state index contributed by atoms with van der Waals surface area (Å²) in [7, 11) is 1.29. The minimum atomic E-state index is -4.17. The van der Waals surface area contributed by atoms with E-state index in [-0.39, 0.29) is 24.4 Å². The van der Waals surface area contributed by atoms with Crippen LogP contribution in [0.25, 0.3) is 0 Å². The zero-order chi connectivity index (χ0) is 14.5. The van der Waals surface area contributed by atoms with Crippen LogP contribution in [-0.4, -0.2) is 24.8 Å². The Balaban J connectivity index is 2.58. The predicted octanol–water partition coefficient (Wildman–Crippen LogP) is 3.36. The maximum absolute atomic E-state index is 11.9. The van der Waals surface area contributed by atoms with Crippen LogP contribution in [0.2, 0.25) is 0 Å². The topological polar surface area (TPSA) is 64.4 Å². The highest BCUT2D eigenvalue weighted by Crippen LogP contribution is 2.29. The maximum Gasteiger partial charge on any atom is 0.389 e. The van der Waals surface area contributed by atoms with Gasteiger partial charge in [-0.05, 0) is 12.5 Å². The summed E-state index contributed by atoms with van der Waals surface area (Å²) in [5, 5.41) is 13.4. The number of ether oxygens (including phenoxy) is 1. The highest BCUT2D eigenvalue weighted by Gasteiger charge is 2.25. The van der Waals surface area contributed by atoms with Crippen molar-refractivity contribution in [2.45, 2.75) is 19.0 Å². The largest absolute Gasteiger partial charge is 0.490 e. The fourth-order valence-corrected chi connectivity index (χ4v) is 1.46. The zero-order valence-electron chi connectivity index (χ0n) is 10.2.